The molecule has 1 N–H and O–H groups in total. The zero-order chi connectivity index (χ0) is 25.2. The molecule has 1 aromatic heterocycles. The number of rotatable bonds is 7. The van der Waals surface area contributed by atoms with Crippen molar-refractivity contribution in [2.75, 3.05) is 20.0 Å². The van der Waals surface area contributed by atoms with Crippen molar-refractivity contribution < 1.29 is 23.7 Å². The van der Waals surface area contributed by atoms with Gasteiger partial charge in [-0.3, -0.25) is 4.79 Å². The molecule has 0 aliphatic carbocycles. The Morgan fingerprint density at radius 1 is 0.919 bits per heavy atom. The maximum absolute atomic E-state index is 12.9. The molecule has 4 aromatic rings. The van der Waals surface area contributed by atoms with Crippen LogP contribution in [0.25, 0.3) is 16.9 Å². The van der Waals surface area contributed by atoms with Crippen LogP contribution in [0, 0.1) is 0 Å². The summed E-state index contributed by atoms with van der Waals surface area (Å²) in [6.45, 7) is 3.26. The van der Waals surface area contributed by atoms with Gasteiger partial charge >= 0.3 is 0 Å². The van der Waals surface area contributed by atoms with Gasteiger partial charge in [-0.05, 0) is 66.9 Å². The Hall–Kier alpha value is -4.46. The van der Waals surface area contributed by atoms with Gasteiger partial charge in [0.2, 0.25) is 12.7 Å². The predicted molar refractivity (Wildman–Crippen MR) is 137 cm³/mol. The number of fused-ring (bicyclic) bond motifs is 2. The van der Waals surface area contributed by atoms with Gasteiger partial charge in [-0.25, -0.2) is 4.68 Å². The van der Waals surface area contributed by atoms with Crippen LogP contribution in [0.15, 0.2) is 72.9 Å². The van der Waals surface area contributed by atoms with Crippen LogP contribution in [-0.4, -0.2) is 35.7 Å². The van der Waals surface area contributed by atoms with Crippen molar-refractivity contribution in [3.8, 4) is 39.9 Å². The van der Waals surface area contributed by atoms with Gasteiger partial charge in [0, 0.05) is 18.2 Å². The summed E-state index contributed by atoms with van der Waals surface area (Å²) >= 11 is 0. The number of amides is 1. The number of nitrogens with one attached hydrogen (secondary N) is 1. The molecule has 1 unspecified atom stereocenters. The Balaban J connectivity index is 1.19. The van der Waals surface area contributed by atoms with E-state index in [4.69, 9.17) is 24.0 Å². The fourth-order valence-corrected chi connectivity index (χ4v) is 4.57. The van der Waals surface area contributed by atoms with E-state index in [-0.39, 0.29) is 18.7 Å². The molecule has 0 saturated carbocycles. The average Bonchev–Trinajstić information content (AvgIpc) is 3.59. The molecule has 8 heteroatoms. The first kappa shape index (κ1) is 23.0. The highest BCUT2D eigenvalue weighted by Crippen LogP contribution is 2.37. The number of para-hydroxylation sites is 1. The largest absolute Gasteiger partial charge is 0.486 e. The predicted octanol–water partition coefficient (Wildman–Crippen LogP) is 4.85. The van der Waals surface area contributed by atoms with Crippen LogP contribution < -0.4 is 24.3 Å². The van der Waals surface area contributed by atoms with Crippen molar-refractivity contribution >= 4 is 5.91 Å². The summed E-state index contributed by atoms with van der Waals surface area (Å²) in [4.78, 5) is 12.9. The lowest BCUT2D eigenvalue weighted by Crippen LogP contribution is -2.27. The van der Waals surface area contributed by atoms with Crippen LogP contribution in [-0.2, 0) is 11.2 Å². The van der Waals surface area contributed by atoms with Crippen LogP contribution in [0.4, 0.5) is 0 Å². The van der Waals surface area contributed by atoms with Crippen LogP contribution in [0.2, 0.25) is 0 Å². The van der Waals surface area contributed by atoms with Crippen molar-refractivity contribution in [2.45, 2.75) is 25.8 Å². The third kappa shape index (κ3) is 4.82. The van der Waals surface area contributed by atoms with Crippen molar-refractivity contribution in [1.82, 2.24) is 15.1 Å². The smallest absolute Gasteiger partial charge is 0.231 e. The number of hydrogen-bond donors (Lipinski definition) is 1. The topological polar surface area (TPSA) is 83.8 Å². The lowest BCUT2D eigenvalue weighted by atomic mass is 10.0. The molecule has 0 fully saturated rings. The second kappa shape index (κ2) is 9.89. The van der Waals surface area contributed by atoms with Gasteiger partial charge in [-0.1, -0.05) is 24.3 Å². The lowest BCUT2D eigenvalue weighted by Gasteiger charge is -2.21. The Morgan fingerprint density at radius 2 is 1.65 bits per heavy atom. The van der Waals surface area contributed by atoms with Gasteiger partial charge in [0.15, 0.2) is 23.0 Å². The molecule has 0 radical (unpaired) electrons. The molecule has 3 heterocycles. The molecule has 0 bridgehead atoms. The number of benzene rings is 3. The molecule has 188 valence electrons. The van der Waals surface area contributed by atoms with Crippen LogP contribution in [0.1, 0.15) is 30.5 Å². The van der Waals surface area contributed by atoms with E-state index < -0.39 is 0 Å². The van der Waals surface area contributed by atoms with Crippen molar-refractivity contribution in [1.29, 1.82) is 0 Å². The van der Waals surface area contributed by atoms with Gasteiger partial charge in [0.05, 0.1) is 17.4 Å². The van der Waals surface area contributed by atoms with E-state index in [9.17, 15) is 4.79 Å². The highest BCUT2D eigenvalue weighted by atomic mass is 16.7. The first-order chi connectivity index (χ1) is 18.1. The molecule has 2 aliphatic heterocycles. The van der Waals surface area contributed by atoms with E-state index >= 15 is 0 Å². The Morgan fingerprint density at radius 3 is 2.51 bits per heavy atom. The van der Waals surface area contributed by atoms with Gasteiger partial charge in [-0.2, -0.15) is 5.10 Å². The number of hydrogen-bond acceptors (Lipinski definition) is 6. The van der Waals surface area contributed by atoms with Gasteiger partial charge in [0.1, 0.15) is 13.2 Å². The Kier molecular flexibility index (Phi) is 6.14. The molecule has 0 spiro atoms. The summed E-state index contributed by atoms with van der Waals surface area (Å²) in [6.07, 6.45) is 2.86. The normalized spacial score (nSPS) is 14.3. The zero-order valence-corrected chi connectivity index (χ0v) is 20.5. The van der Waals surface area contributed by atoms with E-state index in [0.717, 1.165) is 39.6 Å². The standard InChI is InChI=1S/C29H27N3O5/c1-19(20-7-10-24-26(15-20)35-14-13-34-24)30-28(33)12-9-22-17-32(23-5-3-2-4-6-23)31-29(22)21-8-11-25-27(16-21)37-18-36-25/h2-8,10-11,15-17,19H,9,12-14,18H2,1H3,(H,30,33). The fourth-order valence-electron chi connectivity index (χ4n) is 4.57. The lowest BCUT2D eigenvalue weighted by molar-refractivity contribution is -0.121. The SMILES string of the molecule is CC(NC(=O)CCc1cn(-c2ccccc2)nc1-c1ccc2c(c1)OCO2)c1ccc2c(c1)OCCO2. The quantitative estimate of drug-likeness (QED) is 0.393. The van der Waals surface area contributed by atoms with E-state index in [0.29, 0.717) is 37.6 Å². The Bertz CT molecular complexity index is 1430. The second-order valence-electron chi connectivity index (χ2n) is 9.04. The molecule has 1 amide bonds. The number of carbonyl (C=O) groups excluding carboxylic acids is 1. The highest BCUT2D eigenvalue weighted by molar-refractivity contribution is 5.77. The number of nitrogens with zero attached hydrogens (tertiary/aromatic N) is 2. The fraction of sp³-hybridized carbons (Fsp3) is 0.241. The molecular formula is C29H27N3O5. The first-order valence-corrected chi connectivity index (χ1v) is 12.4. The van der Waals surface area contributed by atoms with E-state index in [1.165, 1.54) is 0 Å². The van der Waals surface area contributed by atoms with Crippen molar-refractivity contribution in [2.24, 2.45) is 0 Å². The molecule has 37 heavy (non-hydrogen) atoms. The van der Waals surface area contributed by atoms with Gasteiger partial charge in [0.25, 0.3) is 0 Å². The summed E-state index contributed by atoms with van der Waals surface area (Å²) in [5, 5.41) is 7.97. The molecule has 1 atom stereocenters. The minimum atomic E-state index is -0.163. The average molecular weight is 498 g/mol. The minimum absolute atomic E-state index is 0.0357. The number of ether oxygens (including phenoxy) is 4. The monoisotopic (exact) mass is 497 g/mol. The van der Waals surface area contributed by atoms with E-state index in [1.807, 2.05) is 84.5 Å². The summed E-state index contributed by atoms with van der Waals surface area (Å²) in [7, 11) is 0. The van der Waals surface area contributed by atoms with Crippen LogP contribution in [0.5, 0.6) is 23.0 Å². The maximum Gasteiger partial charge on any atom is 0.231 e. The summed E-state index contributed by atoms with van der Waals surface area (Å²) in [5.74, 6) is 2.84. The van der Waals surface area contributed by atoms with Gasteiger partial charge in [-0.15, -0.1) is 0 Å². The first-order valence-electron chi connectivity index (χ1n) is 12.4. The third-order valence-electron chi connectivity index (χ3n) is 6.52. The number of aromatic nitrogens is 2. The number of carbonyl (C=O) groups is 1. The zero-order valence-electron chi connectivity index (χ0n) is 20.5. The minimum Gasteiger partial charge on any atom is -0.486 e. The van der Waals surface area contributed by atoms with E-state index in [2.05, 4.69) is 5.32 Å². The molecule has 3 aromatic carbocycles. The van der Waals surface area contributed by atoms with Crippen LogP contribution >= 0.6 is 0 Å². The molecule has 8 nitrogen and oxygen atoms in total. The maximum atomic E-state index is 12.9. The number of aryl methyl sites for hydroxylation is 1. The summed E-state index contributed by atoms with van der Waals surface area (Å²) in [5.41, 5.74) is 4.63. The Labute approximate surface area is 214 Å². The second-order valence-corrected chi connectivity index (χ2v) is 9.04. The highest BCUT2D eigenvalue weighted by Gasteiger charge is 2.20. The summed E-state index contributed by atoms with van der Waals surface area (Å²) in [6, 6.07) is 21.3. The molecule has 0 saturated heterocycles. The molecule has 6 rings (SSSR count). The van der Waals surface area contributed by atoms with Crippen molar-refractivity contribution in [3.63, 3.8) is 0 Å². The van der Waals surface area contributed by atoms with Gasteiger partial charge < -0.3 is 24.3 Å². The third-order valence-corrected chi connectivity index (χ3v) is 6.52. The molecule has 2 aliphatic rings. The molecular weight excluding hydrogens is 470 g/mol. The van der Waals surface area contributed by atoms with E-state index in [1.54, 1.807) is 0 Å². The summed E-state index contributed by atoms with van der Waals surface area (Å²) < 4.78 is 24.2. The van der Waals surface area contributed by atoms with Crippen molar-refractivity contribution in [3.05, 3.63) is 84.1 Å². The van der Waals surface area contributed by atoms with Crippen LogP contribution in [0.3, 0.4) is 0 Å².